The fraction of sp³-hybridized carbons (Fsp3) is 0.133. The fourth-order valence-corrected chi connectivity index (χ4v) is 4.00. The number of phenols is 2. The Morgan fingerprint density at radius 3 is 1.31 bits per heavy atom. The van der Waals surface area contributed by atoms with Crippen molar-refractivity contribution in [2.75, 3.05) is 14.2 Å². The second kappa shape index (κ2) is 11.7. The summed E-state index contributed by atoms with van der Waals surface area (Å²) in [6, 6.07) is 28.2. The van der Waals surface area contributed by atoms with Crippen LogP contribution in [0.1, 0.15) is 34.3 Å². The number of aromatic hydroxyl groups is 2. The predicted octanol–water partition coefficient (Wildman–Crippen LogP) is 6.14. The van der Waals surface area contributed by atoms with Gasteiger partial charge in [-0.25, -0.2) is 0 Å². The third-order valence-corrected chi connectivity index (χ3v) is 5.84. The van der Waals surface area contributed by atoms with E-state index in [9.17, 15) is 10.2 Å². The van der Waals surface area contributed by atoms with Crippen molar-refractivity contribution in [2.24, 2.45) is 9.98 Å². The Bertz CT molecular complexity index is 1260. The highest BCUT2D eigenvalue weighted by molar-refractivity contribution is 5.84. The number of rotatable bonds is 9. The van der Waals surface area contributed by atoms with E-state index in [2.05, 4.69) is 0 Å². The molecule has 6 nitrogen and oxygen atoms in total. The molecule has 0 amide bonds. The first-order chi connectivity index (χ1) is 17.6. The van der Waals surface area contributed by atoms with Crippen molar-refractivity contribution in [3.63, 3.8) is 0 Å². The molecule has 0 aliphatic carbocycles. The van der Waals surface area contributed by atoms with E-state index < -0.39 is 12.1 Å². The number of phenolic OH excluding ortho intramolecular Hbond substituents is 2. The van der Waals surface area contributed by atoms with Crippen LogP contribution in [0.2, 0.25) is 0 Å². The van der Waals surface area contributed by atoms with Gasteiger partial charge < -0.3 is 19.7 Å². The van der Waals surface area contributed by atoms with Crippen molar-refractivity contribution in [3.8, 4) is 23.0 Å². The molecule has 0 saturated heterocycles. The maximum atomic E-state index is 10.3. The number of nitrogens with zero attached hydrogens (tertiary/aromatic N) is 2. The van der Waals surface area contributed by atoms with Crippen molar-refractivity contribution >= 4 is 12.4 Å². The largest absolute Gasteiger partial charge is 0.507 e. The summed E-state index contributed by atoms with van der Waals surface area (Å²) in [5.41, 5.74) is 2.80. The van der Waals surface area contributed by atoms with E-state index in [0.717, 1.165) is 11.1 Å². The fourth-order valence-electron chi connectivity index (χ4n) is 4.00. The second-order valence-electron chi connectivity index (χ2n) is 8.05. The van der Waals surface area contributed by atoms with Crippen LogP contribution in [-0.4, -0.2) is 36.9 Å². The summed E-state index contributed by atoms with van der Waals surface area (Å²) in [7, 11) is 3.23. The zero-order valence-corrected chi connectivity index (χ0v) is 20.2. The van der Waals surface area contributed by atoms with Crippen LogP contribution in [0, 0.1) is 0 Å². The summed E-state index contributed by atoms with van der Waals surface area (Å²) in [4.78, 5) is 9.85. The third-order valence-electron chi connectivity index (χ3n) is 5.84. The van der Waals surface area contributed by atoms with E-state index in [1.54, 1.807) is 63.0 Å². The van der Waals surface area contributed by atoms with Crippen LogP contribution >= 0.6 is 0 Å². The first-order valence-electron chi connectivity index (χ1n) is 11.5. The molecule has 0 bridgehead atoms. The van der Waals surface area contributed by atoms with E-state index in [1.807, 2.05) is 60.7 Å². The van der Waals surface area contributed by atoms with Gasteiger partial charge in [0, 0.05) is 34.7 Å². The summed E-state index contributed by atoms with van der Waals surface area (Å²) in [6.45, 7) is 0. The van der Waals surface area contributed by atoms with E-state index in [-0.39, 0.29) is 11.5 Å². The lowest BCUT2D eigenvalue weighted by molar-refractivity contribution is 0.392. The molecular formula is C30H28N2O4. The van der Waals surface area contributed by atoms with E-state index in [4.69, 9.17) is 19.5 Å². The number of hydrogen-bond acceptors (Lipinski definition) is 6. The van der Waals surface area contributed by atoms with Crippen LogP contribution in [0.5, 0.6) is 23.0 Å². The summed E-state index contributed by atoms with van der Waals surface area (Å²) < 4.78 is 11.4. The Labute approximate surface area is 210 Å². The molecular weight excluding hydrogens is 452 g/mol. The van der Waals surface area contributed by atoms with Crippen LogP contribution in [0.25, 0.3) is 0 Å². The molecule has 182 valence electrons. The minimum atomic E-state index is -0.542. The van der Waals surface area contributed by atoms with Crippen molar-refractivity contribution < 1.29 is 19.7 Å². The molecule has 2 N–H and O–H groups in total. The van der Waals surface area contributed by atoms with Gasteiger partial charge in [0.2, 0.25) is 0 Å². The number of methoxy groups -OCH3 is 2. The van der Waals surface area contributed by atoms with Gasteiger partial charge in [-0.05, 0) is 36.4 Å². The molecule has 0 aliphatic heterocycles. The minimum Gasteiger partial charge on any atom is -0.507 e. The third kappa shape index (κ3) is 5.55. The monoisotopic (exact) mass is 480 g/mol. The van der Waals surface area contributed by atoms with Gasteiger partial charge in [0.1, 0.15) is 35.1 Å². The maximum absolute atomic E-state index is 10.3. The van der Waals surface area contributed by atoms with E-state index in [0.29, 0.717) is 22.6 Å². The van der Waals surface area contributed by atoms with E-state index >= 15 is 0 Å². The molecule has 0 aromatic heterocycles. The molecule has 2 atom stereocenters. The van der Waals surface area contributed by atoms with E-state index in [1.165, 1.54) is 0 Å². The summed E-state index contributed by atoms with van der Waals surface area (Å²) >= 11 is 0. The standard InChI is InChI=1S/C30H28N2O4/c1-35-27-17-9-5-13-23(27)29(31-19-21-11-3-7-15-25(21)33)30(24-14-6-10-18-28(24)36-2)32-20-22-12-4-8-16-26(22)34/h3-20,29-30,33-34H,1-2H3. The van der Waals surface area contributed by atoms with Gasteiger partial charge in [-0.15, -0.1) is 0 Å². The first-order valence-corrected chi connectivity index (χ1v) is 11.5. The lowest BCUT2D eigenvalue weighted by Crippen LogP contribution is -2.11. The van der Waals surface area contributed by atoms with Gasteiger partial charge in [0.25, 0.3) is 0 Å². The molecule has 6 heteroatoms. The lowest BCUT2D eigenvalue weighted by atomic mass is 9.92. The quantitative estimate of drug-likeness (QED) is 0.282. The van der Waals surface area contributed by atoms with Crippen LogP contribution in [0.3, 0.4) is 0 Å². The highest BCUT2D eigenvalue weighted by Crippen LogP contribution is 2.42. The molecule has 4 aromatic carbocycles. The highest BCUT2D eigenvalue weighted by Gasteiger charge is 2.28. The molecule has 0 saturated carbocycles. The molecule has 36 heavy (non-hydrogen) atoms. The second-order valence-corrected chi connectivity index (χ2v) is 8.05. The maximum Gasteiger partial charge on any atom is 0.124 e. The Morgan fingerprint density at radius 2 is 0.917 bits per heavy atom. The molecule has 0 spiro atoms. The molecule has 0 radical (unpaired) electrons. The SMILES string of the molecule is COc1ccccc1C(N=Cc1ccccc1O)C(N=Cc1ccccc1O)c1ccccc1OC. The minimum absolute atomic E-state index is 0.131. The number of para-hydroxylation sites is 4. The van der Waals surface area contributed by atoms with Gasteiger partial charge in [-0.1, -0.05) is 60.7 Å². The van der Waals surface area contributed by atoms with Crippen LogP contribution in [0.15, 0.2) is 107 Å². The average Bonchev–Trinajstić information content (AvgIpc) is 2.92. The number of benzene rings is 4. The van der Waals surface area contributed by atoms with Crippen molar-refractivity contribution in [1.82, 2.24) is 0 Å². The average molecular weight is 481 g/mol. The topological polar surface area (TPSA) is 83.6 Å². The summed E-state index contributed by atoms with van der Waals surface area (Å²) in [5, 5.41) is 20.6. The molecule has 0 aliphatic rings. The van der Waals surface area contributed by atoms with Crippen molar-refractivity contribution in [3.05, 3.63) is 119 Å². The van der Waals surface area contributed by atoms with Gasteiger partial charge in [-0.2, -0.15) is 0 Å². The van der Waals surface area contributed by atoms with Gasteiger partial charge in [0.15, 0.2) is 0 Å². The first kappa shape index (κ1) is 24.5. The molecule has 0 fully saturated rings. The predicted molar refractivity (Wildman–Crippen MR) is 143 cm³/mol. The van der Waals surface area contributed by atoms with Crippen LogP contribution in [0.4, 0.5) is 0 Å². The zero-order valence-electron chi connectivity index (χ0n) is 20.2. The van der Waals surface area contributed by atoms with Gasteiger partial charge in [0.05, 0.1) is 14.2 Å². The van der Waals surface area contributed by atoms with Crippen molar-refractivity contribution in [1.29, 1.82) is 0 Å². The zero-order chi connectivity index (χ0) is 25.3. The van der Waals surface area contributed by atoms with Crippen LogP contribution < -0.4 is 9.47 Å². The Kier molecular flexibility index (Phi) is 7.98. The Morgan fingerprint density at radius 1 is 0.556 bits per heavy atom. The Balaban J connectivity index is 1.91. The molecule has 2 unspecified atom stereocenters. The highest BCUT2D eigenvalue weighted by atomic mass is 16.5. The lowest BCUT2D eigenvalue weighted by Gasteiger charge is -2.25. The number of aliphatic imine (C=N–C) groups is 2. The normalized spacial score (nSPS) is 13.1. The number of hydrogen-bond donors (Lipinski definition) is 2. The molecule has 0 heterocycles. The summed E-state index contributed by atoms with van der Waals surface area (Å²) in [6.07, 6.45) is 3.29. The molecule has 4 aromatic rings. The van der Waals surface area contributed by atoms with Gasteiger partial charge in [-0.3, -0.25) is 9.98 Å². The van der Waals surface area contributed by atoms with Crippen molar-refractivity contribution in [2.45, 2.75) is 12.1 Å². The number of ether oxygens (including phenoxy) is 2. The molecule has 4 rings (SSSR count). The summed E-state index contributed by atoms with van der Waals surface area (Å²) in [5.74, 6) is 1.59. The van der Waals surface area contributed by atoms with Gasteiger partial charge >= 0.3 is 0 Å². The van der Waals surface area contributed by atoms with Crippen LogP contribution in [-0.2, 0) is 0 Å². The Hall–Kier alpha value is -4.58. The smallest absolute Gasteiger partial charge is 0.124 e.